The molecule has 6 aliphatic rings. The molecule has 3 aromatic heterocycles. The summed E-state index contributed by atoms with van der Waals surface area (Å²) >= 11 is 0. The molecule has 0 N–H and O–H groups in total. The van der Waals surface area contributed by atoms with Gasteiger partial charge in [-0.1, -0.05) is 121 Å². The molecule has 12 aromatic rings. The van der Waals surface area contributed by atoms with E-state index < -0.39 is 0 Å². The van der Waals surface area contributed by atoms with E-state index in [4.69, 9.17) is 4.42 Å². The Balaban J connectivity index is 1.14. The highest BCUT2D eigenvalue weighted by Gasteiger charge is 2.70. The lowest BCUT2D eigenvalue weighted by atomic mass is 9.43. The summed E-state index contributed by atoms with van der Waals surface area (Å²) in [4.78, 5) is 0. The number of furan rings is 1. The molecule has 9 aromatic carbocycles. The van der Waals surface area contributed by atoms with E-state index in [0.29, 0.717) is 0 Å². The Kier molecular flexibility index (Phi) is 4.66. The first-order valence-electron chi connectivity index (χ1n) is 21.4. The van der Waals surface area contributed by atoms with E-state index in [-0.39, 0.29) is 29.1 Å². The van der Waals surface area contributed by atoms with Gasteiger partial charge in [-0.15, -0.1) is 0 Å². The van der Waals surface area contributed by atoms with Gasteiger partial charge in [-0.2, -0.15) is 10.5 Å². The molecule has 2 bridgehead atoms. The van der Waals surface area contributed by atoms with Crippen LogP contribution in [-0.4, -0.2) is 4.40 Å². The van der Waals surface area contributed by atoms with Gasteiger partial charge in [0.2, 0.25) is 0 Å². The average molecular weight is 770 g/mol. The third-order valence-electron chi connectivity index (χ3n) is 16.4. The van der Waals surface area contributed by atoms with Crippen molar-refractivity contribution in [3.05, 3.63) is 217 Å². The maximum Gasteiger partial charge on any atom is 0.146 e. The van der Waals surface area contributed by atoms with E-state index >= 15 is 0 Å². The molecule has 0 saturated carbocycles. The van der Waals surface area contributed by atoms with Gasteiger partial charge in [0.25, 0.3) is 0 Å². The van der Waals surface area contributed by atoms with Crippen LogP contribution in [0.2, 0.25) is 0 Å². The van der Waals surface area contributed by atoms with Crippen LogP contribution >= 0.6 is 0 Å². The van der Waals surface area contributed by atoms with Crippen molar-refractivity contribution in [1.29, 1.82) is 10.5 Å². The molecule has 61 heavy (non-hydrogen) atoms. The molecule has 0 saturated heterocycles. The Morgan fingerprint density at radius 3 is 1.67 bits per heavy atom. The summed E-state index contributed by atoms with van der Waals surface area (Å²) in [5.74, 6) is 0.113. The van der Waals surface area contributed by atoms with Crippen molar-refractivity contribution >= 4 is 70.8 Å². The molecule has 1 spiro atoms. The molecule has 6 aliphatic carbocycles. The monoisotopic (exact) mass is 769 g/mol. The quantitative estimate of drug-likeness (QED) is 0.144. The maximum absolute atomic E-state index is 11.3. The fourth-order valence-electron chi connectivity index (χ4n) is 14.7. The van der Waals surface area contributed by atoms with Crippen molar-refractivity contribution in [3.8, 4) is 12.1 Å². The minimum Gasteiger partial charge on any atom is -0.455 e. The largest absolute Gasteiger partial charge is 0.455 e. The second kappa shape index (κ2) is 9.42. The molecule has 3 unspecified atom stereocenters. The van der Waals surface area contributed by atoms with Crippen LogP contribution in [0.3, 0.4) is 0 Å². The van der Waals surface area contributed by atoms with Crippen molar-refractivity contribution in [3.63, 3.8) is 0 Å². The number of rotatable bonds is 0. The summed E-state index contributed by atoms with van der Waals surface area (Å²) in [6, 6.07) is 56.6. The molecule has 0 radical (unpaired) electrons. The third-order valence-corrected chi connectivity index (χ3v) is 16.4. The number of nitriles is 2. The first-order chi connectivity index (χ1) is 30.2. The standard InChI is InChI=1S/C57H27N3O/c58-24-27-22-38-48(50-42(27)44-29-11-1-3-13-31(29)45(50)32-14-4-2-12-30(32)44)46-35-21-20-26-10-9-19-40-41(26)47(35)56(61-40)52-49-39(60(38)55(46)52)23-28(25-59)43-51(49)54-34-16-6-8-18-37(34)57(54)36-17-7-5-15-33(36)53(43)57/h1-23,44-45,53-54H. The summed E-state index contributed by atoms with van der Waals surface area (Å²) in [6.07, 6.45) is 0. The van der Waals surface area contributed by atoms with Crippen LogP contribution in [0.15, 0.2) is 144 Å². The molecule has 4 heteroatoms. The second-order valence-electron chi connectivity index (χ2n) is 18.3. The Hall–Kier alpha value is -7.92. The summed E-state index contributed by atoms with van der Waals surface area (Å²) in [5, 5.41) is 32.0. The van der Waals surface area contributed by atoms with Crippen molar-refractivity contribution in [1.82, 2.24) is 4.40 Å². The first-order valence-corrected chi connectivity index (χ1v) is 21.4. The molecule has 276 valence electrons. The van der Waals surface area contributed by atoms with E-state index in [0.717, 1.165) is 60.6 Å². The van der Waals surface area contributed by atoms with E-state index in [1.165, 1.54) is 88.1 Å². The van der Waals surface area contributed by atoms with Crippen LogP contribution in [0.25, 0.3) is 70.8 Å². The molecular weight excluding hydrogens is 743 g/mol. The lowest BCUT2D eigenvalue weighted by molar-refractivity contribution is 0.333. The number of benzene rings is 9. The minimum absolute atomic E-state index is 0.0353. The summed E-state index contributed by atoms with van der Waals surface area (Å²) in [5.41, 5.74) is 21.8. The van der Waals surface area contributed by atoms with Gasteiger partial charge in [0.05, 0.1) is 45.2 Å². The van der Waals surface area contributed by atoms with Crippen LogP contribution in [0, 0.1) is 22.7 Å². The lowest BCUT2D eigenvalue weighted by Gasteiger charge is -2.58. The zero-order valence-corrected chi connectivity index (χ0v) is 32.3. The zero-order chi connectivity index (χ0) is 39.4. The third kappa shape index (κ3) is 2.82. The van der Waals surface area contributed by atoms with Gasteiger partial charge in [0.1, 0.15) is 11.2 Å². The van der Waals surface area contributed by atoms with Crippen LogP contribution in [-0.2, 0) is 5.41 Å². The molecule has 0 amide bonds. The van der Waals surface area contributed by atoms with Crippen molar-refractivity contribution in [2.24, 2.45) is 0 Å². The molecule has 18 rings (SSSR count). The molecule has 0 fully saturated rings. The van der Waals surface area contributed by atoms with Crippen LogP contribution < -0.4 is 0 Å². The van der Waals surface area contributed by atoms with Gasteiger partial charge in [0, 0.05) is 56.0 Å². The van der Waals surface area contributed by atoms with Crippen molar-refractivity contribution in [2.75, 3.05) is 0 Å². The Morgan fingerprint density at radius 1 is 0.475 bits per heavy atom. The van der Waals surface area contributed by atoms with Gasteiger partial charge >= 0.3 is 0 Å². The van der Waals surface area contributed by atoms with E-state index in [1.54, 1.807) is 0 Å². The highest BCUT2D eigenvalue weighted by Crippen LogP contribution is 2.78. The first kappa shape index (κ1) is 30.2. The Labute approximate surface area is 347 Å². The Morgan fingerprint density at radius 2 is 1.03 bits per heavy atom. The van der Waals surface area contributed by atoms with Crippen LogP contribution in [0.4, 0.5) is 0 Å². The Bertz CT molecular complexity index is 4190. The van der Waals surface area contributed by atoms with Gasteiger partial charge < -0.3 is 8.82 Å². The molecule has 3 heterocycles. The number of aromatic nitrogens is 1. The predicted octanol–water partition coefficient (Wildman–Crippen LogP) is 12.9. The summed E-state index contributed by atoms with van der Waals surface area (Å²) in [7, 11) is 0. The summed E-state index contributed by atoms with van der Waals surface area (Å²) in [6.45, 7) is 0. The fraction of sp³-hybridized carbons (Fsp3) is 0.0877. The van der Waals surface area contributed by atoms with Gasteiger partial charge in [-0.05, 0) is 95.7 Å². The minimum atomic E-state index is -0.212. The van der Waals surface area contributed by atoms with Crippen LogP contribution in [0.1, 0.15) is 102 Å². The second-order valence-corrected chi connectivity index (χ2v) is 18.3. The number of fused-ring (bicyclic) bond motifs is 16. The molecular formula is C57H27N3O. The average Bonchev–Trinajstić information content (AvgIpc) is 4.02. The van der Waals surface area contributed by atoms with Crippen molar-refractivity contribution in [2.45, 2.75) is 29.1 Å². The molecule has 3 atom stereocenters. The smallest absolute Gasteiger partial charge is 0.146 e. The molecule has 0 aliphatic heterocycles. The van der Waals surface area contributed by atoms with Crippen molar-refractivity contribution < 1.29 is 4.42 Å². The van der Waals surface area contributed by atoms with Gasteiger partial charge in [0.15, 0.2) is 0 Å². The van der Waals surface area contributed by atoms with E-state index in [2.05, 4.69) is 156 Å². The van der Waals surface area contributed by atoms with E-state index in [9.17, 15) is 10.5 Å². The highest BCUT2D eigenvalue weighted by atomic mass is 16.3. The number of hydrogen-bond acceptors (Lipinski definition) is 3. The lowest BCUT2D eigenvalue weighted by Crippen LogP contribution is -2.52. The van der Waals surface area contributed by atoms with E-state index in [1.807, 2.05) is 0 Å². The highest BCUT2D eigenvalue weighted by molar-refractivity contribution is 6.42. The zero-order valence-electron chi connectivity index (χ0n) is 32.3. The topological polar surface area (TPSA) is 65.1 Å². The number of hydrogen-bond donors (Lipinski definition) is 0. The number of nitrogens with zero attached hydrogens (tertiary/aromatic N) is 3. The molecule has 4 nitrogen and oxygen atoms in total. The van der Waals surface area contributed by atoms with Crippen LogP contribution in [0.5, 0.6) is 0 Å². The maximum atomic E-state index is 11.3. The van der Waals surface area contributed by atoms with Gasteiger partial charge in [-0.3, -0.25) is 0 Å². The van der Waals surface area contributed by atoms with Gasteiger partial charge in [-0.25, -0.2) is 0 Å². The normalized spacial score (nSPS) is 21.8. The SMILES string of the molecule is N#Cc1cc2c(c3c1C1c4ccccc4C3c3ccccc31)c1c3ccc4cccc5oc(c3c45)c3c4c5c(c(C#N)cc4n2c13)C1c2ccccc2C12c1ccccc1C52. The predicted molar refractivity (Wildman–Crippen MR) is 239 cm³/mol. The fourth-order valence-corrected chi connectivity index (χ4v) is 14.7. The summed E-state index contributed by atoms with van der Waals surface area (Å²) < 4.78 is 9.63.